The average Bonchev–Trinajstić information content (AvgIpc) is 2.27. The molecule has 0 aliphatic carbocycles. The summed E-state index contributed by atoms with van der Waals surface area (Å²) in [7, 11) is 0. The second-order valence-corrected chi connectivity index (χ2v) is 3.77. The van der Waals surface area contributed by atoms with Crippen molar-refractivity contribution in [1.82, 2.24) is 4.90 Å². The van der Waals surface area contributed by atoms with Gasteiger partial charge >= 0.3 is 0 Å². The molecule has 0 spiro atoms. The number of carbonyl (C=O) groups is 1. The number of alkyl halides is 2. The standard InChI is InChI=1S/C12H16F2N2O.ClH/c1-2-6-16(8-11(13)14)12(17)9-4-3-5-10(15)7-9;/h3-5,7,11H,2,6,8,15H2,1H3;1H. The molecule has 6 heteroatoms. The highest BCUT2D eigenvalue weighted by Crippen LogP contribution is 2.11. The van der Waals surface area contributed by atoms with Crippen LogP contribution in [0.15, 0.2) is 24.3 Å². The molecule has 1 amide bonds. The van der Waals surface area contributed by atoms with E-state index in [-0.39, 0.29) is 12.4 Å². The van der Waals surface area contributed by atoms with E-state index in [9.17, 15) is 13.6 Å². The zero-order valence-electron chi connectivity index (χ0n) is 10.1. The second kappa shape index (κ2) is 7.87. The Morgan fingerprint density at radius 1 is 1.44 bits per heavy atom. The fraction of sp³-hybridized carbons (Fsp3) is 0.417. The van der Waals surface area contributed by atoms with E-state index < -0.39 is 18.9 Å². The van der Waals surface area contributed by atoms with Gasteiger partial charge in [0.05, 0.1) is 6.54 Å². The van der Waals surface area contributed by atoms with E-state index in [0.717, 1.165) is 4.90 Å². The fourth-order valence-electron chi connectivity index (χ4n) is 1.57. The van der Waals surface area contributed by atoms with E-state index in [1.165, 1.54) is 6.07 Å². The predicted octanol–water partition coefficient (Wildman–Crippen LogP) is 2.81. The molecule has 0 unspecified atom stereocenters. The maximum Gasteiger partial charge on any atom is 0.255 e. The van der Waals surface area contributed by atoms with Gasteiger partial charge in [-0.05, 0) is 24.6 Å². The van der Waals surface area contributed by atoms with Crippen LogP contribution in [0.3, 0.4) is 0 Å². The highest BCUT2D eigenvalue weighted by atomic mass is 35.5. The normalized spacial score (nSPS) is 10.0. The third kappa shape index (κ3) is 4.87. The molecule has 3 nitrogen and oxygen atoms in total. The summed E-state index contributed by atoms with van der Waals surface area (Å²) in [5.41, 5.74) is 6.35. The van der Waals surface area contributed by atoms with Gasteiger partial charge in [-0.3, -0.25) is 4.79 Å². The zero-order chi connectivity index (χ0) is 12.8. The molecular weight excluding hydrogens is 262 g/mol. The van der Waals surface area contributed by atoms with Gasteiger partial charge in [-0.1, -0.05) is 13.0 Å². The van der Waals surface area contributed by atoms with Crippen molar-refractivity contribution in [1.29, 1.82) is 0 Å². The van der Waals surface area contributed by atoms with Crippen molar-refractivity contribution in [2.45, 2.75) is 19.8 Å². The predicted molar refractivity (Wildman–Crippen MR) is 70.3 cm³/mol. The van der Waals surface area contributed by atoms with Gasteiger partial charge in [-0.2, -0.15) is 0 Å². The van der Waals surface area contributed by atoms with E-state index in [2.05, 4.69) is 0 Å². The first-order chi connectivity index (χ1) is 8.04. The Balaban J connectivity index is 0.00000289. The van der Waals surface area contributed by atoms with E-state index in [4.69, 9.17) is 5.73 Å². The van der Waals surface area contributed by atoms with Gasteiger partial charge in [0.1, 0.15) is 0 Å². The minimum Gasteiger partial charge on any atom is -0.399 e. The fourth-order valence-corrected chi connectivity index (χ4v) is 1.57. The molecule has 0 aliphatic heterocycles. The number of anilines is 1. The van der Waals surface area contributed by atoms with Crippen molar-refractivity contribution in [3.63, 3.8) is 0 Å². The summed E-state index contributed by atoms with van der Waals surface area (Å²) in [6.07, 6.45) is -1.88. The summed E-state index contributed by atoms with van der Waals surface area (Å²) < 4.78 is 24.7. The Morgan fingerprint density at radius 2 is 2.11 bits per heavy atom. The van der Waals surface area contributed by atoms with Crippen LogP contribution in [-0.2, 0) is 0 Å². The molecule has 0 radical (unpaired) electrons. The van der Waals surface area contributed by atoms with Crippen molar-refractivity contribution in [2.75, 3.05) is 18.8 Å². The van der Waals surface area contributed by atoms with Crippen molar-refractivity contribution in [3.8, 4) is 0 Å². The lowest BCUT2D eigenvalue weighted by Gasteiger charge is -2.21. The summed E-state index contributed by atoms with van der Waals surface area (Å²) >= 11 is 0. The average molecular weight is 279 g/mol. The lowest BCUT2D eigenvalue weighted by Crippen LogP contribution is -2.35. The van der Waals surface area contributed by atoms with Crippen LogP contribution in [0.1, 0.15) is 23.7 Å². The molecule has 0 fully saturated rings. The molecule has 102 valence electrons. The Morgan fingerprint density at radius 3 is 2.61 bits per heavy atom. The molecule has 0 aliphatic rings. The van der Waals surface area contributed by atoms with E-state index in [1.807, 2.05) is 6.92 Å². The van der Waals surface area contributed by atoms with Crippen LogP contribution in [-0.4, -0.2) is 30.3 Å². The lowest BCUT2D eigenvalue weighted by molar-refractivity contribution is 0.0555. The summed E-state index contributed by atoms with van der Waals surface area (Å²) in [4.78, 5) is 13.1. The zero-order valence-corrected chi connectivity index (χ0v) is 10.9. The molecule has 0 atom stereocenters. The van der Waals surface area contributed by atoms with Gasteiger partial charge in [-0.25, -0.2) is 8.78 Å². The molecular formula is C12H17ClF2N2O. The first-order valence-electron chi connectivity index (χ1n) is 5.47. The maximum atomic E-state index is 12.3. The largest absolute Gasteiger partial charge is 0.399 e. The number of carbonyl (C=O) groups excluding carboxylic acids is 1. The number of nitrogen functional groups attached to an aromatic ring is 1. The molecule has 1 aromatic carbocycles. The van der Waals surface area contributed by atoms with Gasteiger partial charge in [0.25, 0.3) is 12.3 Å². The molecule has 0 saturated heterocycles. The van der Waals surface area contributed by atoms with Gasteiger partial charge < -0.3 is 10.6 Å². The van der Waals surface area contributed by atoms with Crippen molar-refractivity contribution in [3.05, 3.63) is 29.8 Å². The monoisotopic (exact) mass is 278 g/mol. The third-order valence-electron chi connectivity index (χ3n) is 2.27. The second-order valence-electron chi connectivity index (χ2n) is 3.77. The molecule has 18 heavy (non-hydrogen) atoms. The summed E-state index contributed by atoms with van der Waals surface area (Å²) in [5.74, 6) is -0.403. The number of hydrogen-bond acceptors (Lipinski definition) is 2. The quantitative estimate of drug-likeness (QED) is 0.842. The third-order valence-corrected chi connectivity index (χ3v) is 2.27. The van der Waals surface area contributed by atoms with Crippen LogP contribution in [0, 0.1) is 0 Å². The Labute approximate surface area is 111 Å². The van der Waals surface area contributed by atoms with Crippen LogP contribution in [0.2, 0.25) is 0 Å². The number of hydrogen-bond donors (Lipinski definition) is 1. The van der Waals surface area contributed by atoms with Crippen LogP contribution in [0.5, 0.6) is 0 Å². The smallest absolute Gasteiger partial charge is 0.255 e. The lowest BCUT2D eigenvalue weighted by atomic mass is 10.1. The van der Waals surface area contributed by atoms with E-state index in [1.54, 1.807) is 18.2 Å². The molecule has 0 saturated carbocycles. The van der Waals surface area contributed by atoms with Crippen LogP contribution in [0.4, 0.5) is 14.5 Å². The maximum absolute atomic E-state index is 12.3. The summed E-state index contributed by atoms with van der Waals surface area (Å²) in [6, 6.07) is 6.35. The number of halogens is 3. The number of rotatable bonds is 5. The van der Waals surface area contributed by atoms with Crippen LogP contribution >= 0.6 is 12.4 Å². The topological polar surface area (TPSA) is 46.3 Å². The van der Waals surface area contributed by atoms with E-state index in [0.29, 0.717) is 24.2 Å². The molecule has 1 aromatic rings. The van der Waals surface area contributed by atoms with Gasteiger partial charge in [0, 0.05) is 17.8 Å². The number of benzene rings is 1. The van der Waals surface area contributed by atoms with Crippen molar-refractivity contribution in [2.24, 2.45) is 0 Å². The van der Waals surface area contributed by atoms with Crippen LogP contribution < -0.4 is 5.73 Å². The highest BCUT2D eigenvalue weighted by Gasteiger charge is 2.18. The number of amides is 1. The minimum absolute atomic E-state index is 0. The highest BCUT2D eigenvalue weighted by molar-refractivity contribution is 5.95. The molecule has 2 N–H and O–H groups in total. The molecule has 0 aromatic heterocycles. The SMILES string of the molecule is CCCN(CC(F)F)C(=O)c1cccc(N)c1.Cl. The van der Waals surface area contributed by atoms with Crippen molar-refractivity contribution < 1.29 is 13.6 Å². The number of nitrogens with zero attached hydrogens (tertiary/aromatic N) is 1. The van der Waals surface area contributed by atoms with E-state index >= 15 is 0 Å². The summed E-state index contributed by atoms with van der Waals surface area (Å²) in [6.45, 7) is 1.62. The first-order valence-corrected chi connectivity index (χ1v) is 5.47. The Kier molecular flexibility index (Phi) is 7.27. The van der Waals surface area contributed by atoms with Gasteiger partial charge in [0.15, 0.2) is 0 Å². The number of nitrogens with two attached hydrogens (primary N) is 1. The summed E-state index contributed by atoms with van der Waals surface area (Å²) in [5, 5.41) is 0. The van der Waals surface area contributed by atoms with Gasteiger partial charge in [-0.15, -0.1) is 12.4 Å². The Bertz CT molecular complexity index is 388. The molecule has 1 rings (SSSR count). The Hall–Kier alpha value is -1.36. The first kappa shape index (κ1) is 16.6. The van der Waals surface area contributed by atoms with Crippen LogP contribution in [0.25, 0.3) is 0 Å². The van der Waals surface area contributed by atoms with Gasteiger partial charge in [0.2, 0.25) is 0 Å². The minimum atomic E-state index is -2.52. The molecule has 0 bridgehead atoms. The van der Waals surface area contributed by atoms with Crippen molar-refractivity contribution >= 4 is 24.0 Å². The molecule has 0 heterocycles.